The summed E-state index contributed by atoms with van der Waals surface area (Å²) in [4.78, 5) is 11.2. The molecule has 0 heterocycles. The van der Waals surface area contributed by atoms with E-state index in [0.717, 1.165) is 44.9 Å². The van der Waals surface area contributed by atoms with Crippen LogP contribution in [0, 0.1) is 11.8 Å². The normalized spacial score (nSPS) is 20.4. The zero-order valence-electron chi connectivity index (χ0n) is 18.6. The second-order valence-corrected chi connectivity index (χ2v) is 12.4. The highest BCUT2D eigenvalue weighted by Crippen LogP contribution is 2.34. The number of hydrogen-bond acceptors (Lipinski definition) is 4. The highest BCUT2D eigenvalue weighted by atomic mass is 32.2. The molecule has 29 heavy (non-hydrogen) atoms. The summed E-state index contributed by atoms with van der Waals surface area (Å²) in [6, 6.07) is 8.74. The number of ether oxygens (including phenoxy) is 1. The van der Waals surface area contributed by atoms with Gasteiger partial charge in [0.1, 0.15) is 0 Å². The van der Waals surface area contributed by atoms with Crippen LogP contribution in [0.3, 0.4) is 0 Å². The first-order valence-electron chi connectivity index (χ1n) is 11.0. The molecule has 1 aliphatic rings. The minimum Gasteiger partial charge on any atom is -0.469 e. The van der Waals surface area contributed by atoms with E-state index in [9.17, 15) is 13.2 Å². The zero-order valence-corrected chi connectivity index (χ0v) is 19.4. The number of esters is 1. The highest BCUT2D eigenvalue weighted by molar-refractivity contribution is 7.92. The SMILES string of the molecule is COC(=O)CCCc1ccc(CCC2CCC(CS(=O)(=O)C(C)(C)C)CC2)cc1. The molecule has 1 aromatic carbocycles. The zero-order chi connectivity index (χ0) is 21.5. The minimum atomic E-state index is -3.01. The van der Waals surface area contributed by atoms with Crippen molar-refractivity contribution in [2.45, 2.75) is 83.3 Å². The second-order valence-electron chi connectivity index (χ2n) is 9.57. The van der Waals surface area contributed by atoms with E-state index in [-0.39, 0.29) is 5.97 Å². The van der Waals surface area contributed by atoms with Gasteiger partial charge in [0.15, 0.2) is 9.84 Å². The molecule has 1 saturated carbocycles. The van der Waals surface area contributed by atoms with Crippen LogP contribution in [0.5, 0.6) is 0 Å². The van der Waals surface area contributed by atoms with Crippen LogP contribution in [0.4, 0.5) is 0 Å². The molecule has 0 atom stereocenters. The molecule has 1 fully saturated rings. The number of carbonyl (C=O) groups is 1. The smallest absolute Gasteiger partial charge is 0.305 e. The van der Waals surface area contributed by atoms with Crippen molar-refractivity contribution in [1.82, 2.24) is 0 Å². The van der Waals surface area contributed by atoms with Crippen LogP contribution < -0.4 is 0 Å². The van der Waals surface area contributed by atoms with Crippen LogP contribution >= 0.6 is 0 Å². The number of carbonyl (C=O) groups excluding carboxylic acids is 1. The van der Waals surface area contributed by atoms with Gasteiger partial charge in [-0.1, -0.05) is 37.1 Å². The summed E-state index contributed by atoms with van der Waals surface area (Å²) < 4.78 is 28.9. The first-order chi connectivity index (χ1) is 13.6. The molecule has 2 rings (SSSR count). The average molecular weight is 423 g/mol. The summed E-state index contributed by atoms with van der Waals surface area (Å²) in [6.07, 6.45) is 8.83. The lowest BCUT2D eigenvalue weighted by atomic mass is 9.80. The van der Waals surface area contributed by atoms with Gasteiger partial charge in [0.25, 0.3) is 0 Å². The van der Waals surface area contributed by atoms with Crippen LogP contribution in [0.2, 0.25) is 0 Å². The largest absolute Gasteiger partial charge is 0.469 e. The molecule has 0 spiro atoms. The van der Waals surface area contributed by atoms with Crippen molar-refractivity contribution in [3.05, 3.63) is 35.4 Å². The van der Waals surface area contributed by atoms with Gasteiger partial charge in [0.05, 0.1) is 17.6 Å². The molecular weight excluding hydrogens is 384 g/mol. The first kappa shape index (κ1) is 23.9. The van der Waals surface area contributed by atoms with Crippen LogP contribution in [-0.4, -0.2) is 32.0 Å². The fourth-order valence-corrected chi connectivity index (χ4v) is 5.48. The highest BCUT2D eigenvalue weighted by Gasteiger charge is 2.33. The number of aryl methyl sites for hydroxylation is 2. The van der Waals surface area contributed by atoms with Gasteiger partial charge in [-0.05, 0) is 82.3 Å². The van der Waals surface area contributed by atoms with Gasteiger partial charge in [-0.25, -0.2) is 8.42 Å². The predicted octanol–water partition coefficient (Wildman–Crippen LogP) is 5.13. The van der Waals surface area contributed by atoms with Crippen molar-refractivity contribution >= 4 is 15.8 Å². The Morgan fingerprint density at radius 3 is 2.00 bits per heavy atom. The van der Waals surface area contributed by atoms with Gasteiger partial charge in [-0.15, -0.1) is 0 Å². The summed E-state index contributed by atoms with van der Waals surface area (Å²) in [5.41, 5.74) is 2.62. The van der Waals surface area contributed by atoms with Crippen molar-refractivity contribution in [3.8, 4) is 0 Å². The maximum atomic E-state index is 12.4. The second kappa shape index (κ2) is 10.6. The molecule has 5 heteroatoms. The number of methoxy groups -OCH3 is 1. The van der Waals surface area contributed by atoms with Crippen molar-refractivity contribution in [2.24, 2.45) is 11.8 Å². The maximum Gasteiger partial charge on any atom is 0.305 e. The van der Waals surface area contributed by atoms with E-state index in [1.807, 2.05) is 0 Å². The number of rotatable bonds is 9. The molecular formula is C24H38O4S. The van der Waals surface area contributed by atoms with E-state index in [2.05, 4.69) is 29.0 Å². The summed E-state index contributed by atoms with van der Waals surface area (Å²) in [7, 11) is -1.59. The van der Waals surface area contributed by atoms with Gasteiger partial charge < -0.3 is 4.74 Å². The molecule has 0 N–H and O–H groups in total. The standard InChI is InChI=1S/C24H38O4S/c1-24(2,3)29(26,27)18-22-16-14-21(15-17-22)13-12-20-10-8-19(9-11-20)6-5-7-23(25)28-4/h8-11,21-22H,5-7,12-18H2,1-4H3. The molecule has 0 unspecified atom stereocenters. The van der Waals surface area contributed by atoms with Gasteiger partial charge >= 0.3 is 5.97 Å². The van der Waals surface area contributed by atoms with Gasteiger partial charge in [-0.2, -0.15) is 0 Å². The Labute approximate surface area is 177 Å². The maximum absolute atomic E-state index is 12.4. The fourth-order valence-electron chi connectivity index (χ4n) is 4.03. The minimum absolute atomic E-state index is 0.146. The van der Waals surface area contributed by atoms with Crippen LogP contribution in [-0.2, 0) is 32.2 Å². The van der Waals surface area contributed by atoms with Crippen molar-refractivity contribution in [3.63, 3.8) is 0 Å². The Balaban J connectivity index is 1.70. The van der Waals surface area contributed by atoms with Crippen molar-refractivity contribution in [2.75, 3.05) is 12.9 Å². The Morgan fingerprint density at radius 2 is 1.48 bits per heavy atom. The van der Waals surface area contributed by atoms with Gasteiger partial charge in [0.2, 0.25) is 0 Å². The molecule has 0 aromatic heterocycles. The predicted molar refractivity (Wildman–Crippen MR) is 119 cm³/mol. The third-order valence-corrected chi connectivity index (χ3v) is 9.07. The number of benzene rings is 1. The van der Waals surface area contributed by atoms with E-state index in [4.69, 9.17) is 0 Å². The van der Waals surface area contributed by atoms with E-state index >= 15 is 0 Å². The van der Waals surface area contributed by atoms with Crippen LogP contribution in [0.15, 0.2) is 24.3 Å². The monoisotopic (exact) mass is 422 g/mol. The quantitative estimate of drug-likeness (QED) is 0.517. The summed E-state index contributed by atoms with van der Waals surface area (Å²) in [6.45, 7) is 5.41. The first-order valence-corrected chi connectivity index (χ1v) is 12.6. The third-order valence-electron chi connectivity index (χ3n) is 6.29. The van der Waals surface area contributed by atoms with E-state index < -0.39 is 14.6 Å². The van der Waals surface area contributed by atoms with Crippen LogP contribution in [0.1, 0.15) is 76.8 Å². The Bertz CT molecular complexity index is 736. The van der Waals surface area contributed by atoms with E-state index in [0.29, 0.717) is 24.0 Å². The molecule has 1 aliphatic carbocycles. The molecule has 0 bridgehead atoms. The fraction of sp³-hybridized carbons (Fsp3) is 0.708. The number of hydrogen-bond donors (Lipinski definition) is 0. The lowest BCUT2D eigenvalue weighted by Gasteiger charge is -2.30. The molecule has 0 aliphatic heterocycles. The summed E-state index contributed by atoms with van der Waals surface area (Å²) >= 11 is 0. The van der Waals surface area contributed by atoms with Crippen LogP contribution in [0.25, 0.3) is 0 Å². The number of sulfone groups is 1. The summed E-state index contributed by atoms with van der Waals surface area (Å²) in [5.74, 6) is 1.25. The van der Waals surface area contributed by atoms with E-state index in [1.54, 1.807) is 20.8 Å². The Hall–Kier alpha value is -1.36. The lowest BCUT2D eigenvalue weighted by Crippen LogP contribution is -2.34. The van der Waals surface area contributed by atoms with Gasteiger partial charge in [-0.3, -0.25) is 4.79 Å². The Kier molecular flexibility index (Phi) is 8.74. The topological polar surface area (TPSA) is 60.4 Å². The summed E-state index contributed by atoms with van der Waals surface area (Å²) in [5, 5.41) is 0. The molecule has 1 aromatic rings. The Morgan fingerprint density at radius 1 is 0.966 bits per heavy atom. The molecule has 0 radical (unpaired) electrons. The molecule has 4 nitrogen and oxygen atoms in total. The average Bonchev–Trinajstić information content (AvgIpc) is 2.67. The van der Waals surface area contributed by atoms with Crippen molar-refractivity contribution in [1.29, 1.82) is 0 Å². The lowest BCUT2D eigenvalue weighted by molar-refractivity contribution is -0.140. The third kappa shape index (κ3) is 7.76. The molecule has 0 amide bonds. The molecule has 0 saturated heterocycles. The molecule has 164 valence electrons. The van der Waals surface area contributed by atoms with E-state index in [1.165, 1.54) is 24.7 Å². The van der Waals surface area contributed by atoms with Crippen molar-refractivity contribution < 1.29 is 17.9 Å². The van der Waals surface area contributed by atoms with Gasteiger partial charge in [0, 0.05) is 6.42 Å².